The Balaban J connectivity index is 1.12. The Labute approximate surface area is 201 Å². The van der Waals surface area contributed by atoms with E-state index in [2.05, 4.69) is 70.5 Å². The van der Waals surface area contributed by atoms with E-state index in [1.54, 1.807) is 11.1 Å². The lowest BCUT2D eigenvalue weighted by molar-refractivity contribution is 0.0547. The number of hydrogen-bond donors (Lipinski definition) is 1. The number of likely N-dealkylation sites (tertiary alicyclic amines) is 1. The maximum absolute atomic E-state index is 11.3. The van der Waals surface area contributed by atoms with Crippen LogP contribution in [0.3, 0.4) is 0 Å². The van der Waals surface area contributed by atoms with Crippen LogP contribution in [0.5, 0.6) is 0 Å². The fraction of sp³-hybridized carbons (Fsp3) is 0.323. The third-order valence-corrected chi connectivity index (χ3v) is 8.85. The second-order valence-corrected chi connectivity index (χ2v) is 10.5. The predicted octanol–water partition coefficient (Wildman–Crippen LogP) is 5.82. The molecular formula is C31H30N2O. The molecule has 2 bridgehead atoms. The van der Waals surface area contributed by atoms with Crippen LogP contribution in [0.2, 0.25) is 0 Å². The second-order valence-electron chi connectivity index (χ2n) is 10.5. The maximum Gasteiger partial charge on any atom is 0.0840 e. The molecule has 1 unspecified atom stereocenters. The Hall–Kier alpha value is -3.01. The van der Waals surface area contributed by atoms with Crippen molar-refractivity contribution in [2.45, 2.75) is 36.7 Å². The zero-order valence-corrected chi connectivity index (χ0v) is 19.4. The van der Waals surface area contributed by atoms with Crippen molar-refractivity contribution < 1.29 is 5.11 Å². The van der Waals surface area contributed by atoms with Gasteiger partial charge in [-0.1, -0.05) is 72.8 Å². The summed E-state index contributed by atoms with van der Waals surface area (Å²) in [6.07, 6.45) is 6.54. The van der Waals surface area contributed by atoms with Crippen LogP contribution in [0, 0.1) is 5.92 Å². The summed E-state index contributed by atoms with van der Waals surface area (Å²) in [7, 11) is 0. The third-order valence-electron chi connectivity index (χ3n) is 8.85. The van der Waals surface area contributed by atoms with Crippen molar-refractivity contribution in [3.63, 3.8) is 0 Å². The highest BCUT2D eigenvalue weighted by Crippen LogP contribution is 2.60. The van der Waals surface area contributed by atoms with Gasteiger partial charge in [0.25, 0.3) is 0 Å². The van der Waals surface area contributed by atoms with Gasteiger partial charge in [-0.3, -0.25) is 4.98 Å². The Morgan fingerprint density at radius 2 is 1.50 bits per heavy atom. The number of nitrogens with zero attached hydrogens (tertiary/aromatic N) is 2. The van der Waals surface area contributed by atoms with Gasteiger partial charge in [0.2, 0.25) is 0 Å². The lowest BCUT2D eigenvalue weighted by atomic mass is 9.74. The summed E-state index contributed by atoms with van der Waals surface area (Å²) in [4.78, 5) is 7.07. The van der Waals surface area contributed by atoms with Crippen LogP contribution >= 0.6 is 0 Å². The average molecular weight is 447 g/mol. The number of aliphatic hydroxyl groups excluding tert-OH is 1. The van der Waals surface area contributed by atoms with Gasteiger partial charge < -0.3 is 10.0 Å². The van der Waals surface area contributed by atoms with Gasteiger partial charge in [0, 0.05) is 41.2 Å². The van der Waals surface area contributed by atoms with Crippen molar-refractivity contribution in [3.8, 4) is 0 Å². The van der Waals surface area contributed by atoms with Crippen LogP contribution in [0.25, 0.3) is 10.8 Å². The highest BCUT2D eigenvalue weighted by Gasteiger charge is 2.53. The molecule has 1 atom stereocenters. The summed E-state index contributed by atoms with van der Waals surface area (Å²) < 4.78 is 0. The fourth-order valence-electron chi connectivity index (χ4n) is 7.25. The largest absolute Gasteiger partial charge is 0.388 e. The average Bonchev–Trinajstić information content (AvgIpc) is 3.41. The number of fused-ring (bicyclic) bond motifs is 9. The number of aliphatic hydroxyl groups is 1. The molecule has 2 aliphatic carbocycles. The van der Waals surface area contributed by atoms with Gasteiger partial charge in [0.1, 0.15) is 0 Å². The highest BCUT2D eigenvalue weighted by atomic mass is 16.3. The molecule has 0 saturated carbocycles. The minimum Gasteiger partial charge on any atom is -0.388 e. The summed E-state index contributed by atoms with van der Waals surface area (Å²) in [5, 5.41) is 13.5. The molecule has 7 rings (SSSR count). The van der Waals surface area contributed by atoms with Gasteiger partial charge in [-0.15, -0.1) is 0 Å². The van der Waals surface area contributed by atoms with Crippen LogP contribution in [-0.4, -0.2) is 34.6 Å². The summed E-state index contributed by atoms with van der Waals surface area (Å²) >= 11 is 0. The molecule has 3 nitrogen and oxygen atoms in total. The van der Waals surface area contributed by atoms with E-state index < -0.39 is 6.10 Å². The number of rotatable bonds is 4. The molecule has 170 valence electrons. The van der Waals surface area contributed by atoms with E-state index in [0.717, 1.165) is 48.8 Å². The summed E-state index contributed by atoms with van der Waals surface area (Å²) in [5.41, 5.74) is 7.26. The highest BCUT2D eigenvalue weighted by molar-refractivity contribution is 5.84. The first-order valence-electron chi connectivity index (χ1n) is 12.7. The van der Waals surface area contributed by atoms with Gasteiger partial charge in [0.15, 0.2) is 0 Å². The minimum absolute atomic E-state index is 0.114. The zero-order chi connectivity index (χ0) is 22.7. The zero-order valence-electron chi connectivity index (χ0n) is 19.4. The van der Waals surface area contributed by atoms with Crippen LogP contribution in [-0.2, 0) is 5.41 Å². The Morgan fingerprint density at radius 1 is 0.853 bits per heavy atom. The van der Waals surface area contributed by atoms with Crippen LogP contribution < -0.4 is 0 Å². The van der Waals surface area contributed by atoms with E-state index >= 15 is 0 Å². The molecule has 0 amide bonds. The first kappa shape index (κ1) is 20.4. The van der Waals surface area contributed by atoms with Gasteiger partial charge in [-0.25, -0.2) is 0 Å². The molecular weight excluding hydrogens is 416 g/mol. The topological polar surface area (TPSA) is 36.4 Å². The van der Waals surface area contributed by atoms with Crippen molar-refractivity contribution in [2.75, 3.05) is 19.6 Å². The molecule has 34 heavy (non-hydrogen) atoms. The maximum atomic E-state index is 11.3. The first-order chi connectivity index (χ1) is 16.7. The van der Waals surface area contributed by atoms with Crippen LogP contribution in [0.15, 0.2) is 85.2 Å². The third kappa shape index (κ3) is 2.93. The van der Waals surface area contributed by atoms with Gasteiger partial charge >= 0.3 is 0 Å². The van der Waals surface area contributed by atoms with Gasteiger partial charge in [-0.05, 0) is 65.9 Å². The van der Waals surface area contributed by atoms with E-state index in [9.17, 15) is 5.11 Å². The normalized spacial score (nSPS) is 24.8. The molecule has 1 N–H and O–H groups in total. The molecule has 1 aromatic heterocycles. The number of aromatic nitrogens is 1. The van der Waals surface area contributed by atoms with Crippen molar-refractivity contribution in [3.05, 3.63) is 113 Å². The van der Waals surface area contributed by atoms with E-state index in [1.807, 2.05) is 24.5 Å². The molecule has 3 heteroatoms. The molecule has 1 aliphatic heterocycles. The molecule has 3 aromatic carbocycles. The Bertz CT molecular complexity index is 1320. The molecule has 1 saturated heterocycles. The molecule has 2 heterocycles. The number of piperidine rings is 1. The Morgan fingerprint density at radius 3 is 2.24 bits per heavy atom. The SMILES string of the molecule is OC(c1cncc2ccccc12)C1CCN(CC23CC(c4ccccc42)c2ccccc23)CC1. The second kappa shape index (κ2) is 7.76. The van der Waals surface area contributed by atoms with E-state index in [4.69, 9.17) is 0 Å². The molecule has 1 fully saturated rings. The minimum atomic E-state index is -0.456. The number of pyridine rings is 1. The molecule has 0 spiro atoms. The van der Waals surface area contributed by atoms with E-state index in [-0.39, 0.29) is 11.3 Å². The first-order valence-corrected chi connectivity index (χ1v) is 12.7. The van der Waals surface area contributed by atoms with E-state index in [0.29, 0.717) is 5.92 Å². The van der Waals surface area contributed by atoms with Crippen molar-refractivity contribution in [2.24, 2.45) is 5.92 Å². The summed E-state index contributed by atoms with van der Waals surface area (Å²) in [5.74, 6) is 0.825. The fourth-order valence-corrected chi connectivity index (χ4v) is 7.25. The monoisotopic (exact) mass is 446 g/mol. The van der Waals surface area contributed by atoms with Gasteiger partial charge in [-0.2, -0.15) is 0 Å². The lowest BCUT2D eigenvalue weighted by Gasteiger charge is -2.40. The Kier molecular flexibility index (Phi) is 4.65. The number of hydrogen-bond acceptors (Lipinski definition) is 3. The van der Waals surface area contributed by atoms with Crippen molar-refractivity contribution in [1.29, 1.82) is 0 Å². The van der Waals surface area contributed by atoms with Crippen LogP contribution in [0.1, 0.15) is 59.1 Å². The lowest BCUT2D eigenvalue weighted by Crippen LogP contribution is -2.44. The smallest absolute Gasteiger partial charge is 0.0840 e. The molecule has 3 aliphatic rings. The summed E-state index contributed by atoms with van der Waals surface area (Å²) in [6, 6.07) is 26.5. The predicted molar refractivity (Wildman–Crippen MR) is 136 cm³/mol. The quantitative estimate of drug-likeness (QED) is 0.429. The standard InChI is InChI=1S/C31H30N2O/c34-30(27-19-32-18-22-7-1-2-8-23(22)27)21-13-15-33(16-14-21)20-31-17-26(24-9-3-5-11-28(24)31)25-10-4-6-12-29(25)31/h1-12,18-19,21,26,30,34H,13-17,20H2. The van der Waals surface area contributed by atoms with Gasteiger partial charge in [0.05, 0.1) is 6.10 Å². The van der Waals surface area contributed by atoms with Crippen molar-refractivity contribution in [1.82, 2.24) is 9.88 Å². The summed E-state index contributed by atoms with van der Waals surface area (Å²) in [6.45, 7) is 3.16. The molecule has 0 radical (unpaired) electrons. The van der Waals surface area contributed by atoms with Crippen molar-refractivity contribution >= 4 is 10.8 Å². The van der Waals surface area contributed by atoms with Crippen LogP contribution in [0.4, 0.5) is 0 Å². The number of benzene rings is 3. The molecule has 4 aromatic rings. The van der Waals surface area contributed by atoms with E-state index in [1.165, 1.54) is 17.5 Å².